The van der Waals surface area contributed by atoms with E-state index in [1.165, 1.54) is 19.3 Å². The van der Waals surface area contributed by atoms with Crippen molar-refractivity contribution in [3.8, 4) is 0 Å². The fourth-order valence-corrected chi connectivity index (χ4v) is 2.51. The Morgan fingerprint density at radius 3 is 2.68 bits per heavy atom. The molecule has 0 saturated carbocycles. The standard InChI is InChI=1S/C14H26N4O/c1-4-8-15-11(3)13-16-17-14(19-13)18-9-6-12(5-2)7-10-18/h11-12,15H,4-10H2,1-3H3. The zero-order valence-electron chi connectivity index (χ0n) is 12.4. The van der Waals surface area contributed by atoms with Crippen molar-refractivity contribution in [2.75, 3.05) is 24.5 Å². The Hall–Kier alpha value is -1.10. The van der Waals surface area contributed by atoms with Crippen LogP contribution in [0.3, 0.4) is 0 Å². The molecule has 1 aromatic rings. The molecular formula is C14H26N4O. The highest BCUT2D eigenvalue weighted by molar-refractivity contribution is 5.25. The molecule has 1 saturated heterocycles. The monoisotopic (exact) mass is 266 g/mol. The van der Waals surface area contributed by atoms with Gasteiger partial charge >= 0.3 is 6.01 Å². The summed E-state index contributed by atoms with van der Waals surface area (Å²) in [6.07, 6.45) is 4.85. The van der Waals surface area contributed by atoms with Crippen molar-refractivity contribution in [2.45, 2.75) is 52.5 Å². The molecule has 5 heteroatoms. The van der Waals surface area contributed by atoms with Crippen LogP contribution < -0.4 is 10.2 Å². The van der Waals surface area contributed by atoms with Crippen LogP contribution in [0, 0.1) is 5.92 Å². The van der Waals surface area contributed by atoms with E-state index in [2.05, 4.69) is 41.2 Å². The lowest BCUT2D eigenvalue weighted by molar-refractivity contribution is 0.366. The molecule has 0 spiro atoms. The highest BCUT2D eigenvalue weighted by atomic mass is 16.4. The highest BCUT2D eigenvalue weighted by Crippen LogP contribution is 2.25. The number of anilines is 1. The minimum absolute atomic E-state index is 0.134. The number of hydrogen-bond donors (Lipinski definition) is 1. The summed E-state index contributed by atoms with van der Waals surface area (Å²) in [4.78, 5) is 2.22. The number of nitrogens with one attached hydrogen (secondary N) is 1. The first-order valence-corrected chi connectivity index (χ1v) is 7.56. The molecule has 108 valence electrons. The number of hydrogen-bond acceptors (Lipinski definition) is 5. The van der Waals surface area contributed by atoms with E-state index in [1.807, 2.05) is 0 Å². The van der Waals surface area contributed by atoms with Crippen LogP contribution in [-0.2, 0) is 0 Å². The molecular weight excluding hydrogens is 240 g/mol. The van der Waals surface area contributed by atoms with Crippen LogP contribution in [0.1, 0.15) is 58.4 Å². The molecule has 5 nitrogen and oxygen atoms in total. The number of rotatable bonds is 6. The van der Waals surface area contributed by atoms with Crippen molar-refractivity contribution in [1.82, 2.24) is 15.5 Å². The van der Waals surface area contributed by atoms with E-state index in [9.17, 15) is 0 Å². The second-order valence-corrected chi connectivity index (χ2v) is 5.44. The van der Waals surface area contributed by atoms with Gasteiger partial charge in [-0.25, -0.2) is 0 Å². The Bertz CT molecular complexity index is 371. The van der Waals surface area contributed by atoms with E-state index in [-0.39, 0.29) is 6.04 Å². The van der Waals surface area contributed by atoms with Crippen molar-refractivity contribution < 1.29 is 4.42 Å². The third kappa shape index (κ3) is 3.69. The summed E-state index contributed by atoms with van der Waals surface area (Å²) in [5.74, 6) is 1.56. The minimum Gasteiger partial charge on any atom is -0.406 e. The average molecular weight is 266 g/mol. The van der Waals surface area contributed by atoms with Gasteiger partial charge in [-0.15, -0.1) is 5.10 Å². The van der Waals surface area contributed by atoms with Crippen molar-refractivity contribution in [1.29, 1.82) is 0 Å². The lowest BCUT2D eigenvalue weighted by Gasteiger charge is -2.29. The quantitative estimate of drug-likeness (QED) is 0.858. The summed E-state index contributed by atoms with van der Waals surface area (Å²) < 4.78 is 5.79. The number of piperidine rings is 1. The summed E-state index contributed by atoms with van der Waals surface area (Å²) in [7, 11) is 0. The van der Waals surface area contributed by atoms with Crippen molar-refractivity contribution in [2.24, 2.45) is 5.92 Å². The van der Waals surface area contributed by atoms with Gasteiger partial charge in [0.15, 0.2) is 0 Å². The van der Waals surface area contributed by atoms with Gasteiger partial charge in [-0.1, -0.05) is 25.4 Å². The molecule has 0 radical (unpaired) electrons. The van der Waals surface area contributed by atoms with Gasteiger partial charge in [0, 0.05) is 13.1 Å². The Balaban J connectivity index is 1.90. The van der Waals surface area contributed by atoms with Gasteiger partial charge < -0.3 is 14.6 Å². The minimum atomic E-state index is 0.134. The molecule has 0 aromatic carbocycles. The predicted molar refractivity (Wildman–Crippen MR) is 76.2 cm³/mol. The molecule has 1 atom stereocenters. The third-order valence-corrected chi connectivity index (χ3v) is 3.96. The zero-order chi connectivity index (χ0) is 13.7. The van der Waals surface area contributed by atoms with Gasteiger partial charge in [0.1, 0.15) is 0 Å². The van der Waals surface area contributed by atoms with E-state index in [0.717, 1.165) is 32.0 Å². The molecule has 1 unspecified atom stereocenters. The Morgan fingerprint density at radius 1 is 1.32 bits per heavy atom. The third-order valence-electron chi connectivity index (χ3n) is 3.96. The first kappa shape index (κ1) is 14.3. The molecule has 0 amide bonds. The van der Waals surface area contributed by atoms with Crippen LogP contribution >= 0.6 is 0 Å². The van der Waals surface area contributed by atoms with Gasteiger partial charge in [-0.05, 0) is 38.6 Å². The molecule has 1 aromatic heterocycles. The van der Waals surface area contributed by atoms with Crippen LogP contribution in [-0.4, -0.2) is 29.8 Å². The maximum Gasteiger partial charge on any atom is 0.318 e. The number of nitrogens with zero attached hydrogens (tertiary/aromatic N) is 3. The van der Waals surface area contributed by atoms with Gasteiger partial charge in [-0.3, -0.25) is 0 Å². The summed E-state index contributed by atoms with van der Waals surface area (Å²) >= 11 is 0. The van der Waals surface area contributed by atoms with Crippen LogP contribution in [0.25, 0.3) is 0 Å². The normalized spacial score (nSPS) is 18.8. The van der Waals surface area contributed by atoms with Gasteiger partial charge in [0.05, 0.1) is 6.04 Å². The zero-order valence-corrected chi connectivity index (χ0v) is 12.4. The fraction of sp³-hybridized carbons (Fsp3) is 0.857. The lowest BCUT2D eigenvalue weighted by atomic mass is 9.95. The molecule has 1 fully saturated rings. The SMILES string of the molecule is CCCNC(C)c1nnc(N2CCC(CC)CC2)o1. The second-order valence-electron chi connectivity index (χ2n) is 5.44. The molecule has 2 rings (SSSR count). The van der Waals surface area contributed by atoms with Crippen LogP contribution in [0.5, 0.6) is 0 Å². The van der Waals surface area contributed by atoms with Crippen molar-refractivity contribution in [3.05, 3.63) is 5.89 Å². The Kier molecular flexibility index (Phi) is 5.19. The maximum atomic E-state index is 5.79. The first-order valence-electron chi connectivity index (χ1n) is 7.56. The topological polar surface area (TPSA) is 54.2 Å². The average Bonchev–Trinajstić information content (AvgIpc) is 2.94. The molecule has 2 heterocycles. The molecule has 1 aliphatic heterocycles. The summed E-state index contributed by atoms with van der Waals surface area (Å²) in [6, 6.07) is 0.823. The predicted octanol–water partition coefficient (Wildman–Crippen LogP) is 2.76. The van der Waals surface area contributed by atoms with E-state index in [1.54, 1.807) is 0 Å². The van der Waals surface area contributed by atoms with Crippen molar-refractivity contribution >= 4 is 6.01 Å². The Morgan fingerprint density at radius 2 is 2.05 bits per heavy atom. The fourth-order valence-electron chi connectivity index (χ4n) is 2.51. The summed E-state index contributed by atoms with van der Waals surface area (Å²) in [5, 5.41) is 11.7. The highest BCUT2D eigenvalue weighted by Gasteiger charge is 2.22. The number of aromatic nitrogens is 2. The smallest absolute Gasteiger partial charge is 0.318 e. The molecule has 0 aliphatic carbocycles. The van der Waals surface area contributed by atoms with Crippen LogP contribution in [0.15, 0.2) is 4.42 Å². The maximum absolute atomic E-state index is 5.79. The molecule has 0 bridgehead atoms. The summed E-state index contributed by atoms with van der Waals surface area (Å²) in [5.41, 5.74) is 0. The van der Waals surface area contributed by atoms with E-state index < -0.39 is 0 Å². The van der Waals surface area contributed by atoms with Crippen LogP contribution in [0.4, 0.5) is 6.01 Å². The summed E-state index contributed by atoms with van der Waals surface area (Å²) in [6.45, 7) is 9.54. The van der Waals surface area contributed by atoms with E-state index in [0.29, 0.717) is 11.9 Å². The lowest BCUT2D eigenvalue weighted by Crippen LogP contribution is -2.33. The van der Waals surface area contributed by atoms with E-state index >= 15 is 0 Å². The largest absolute Gasteiger partial charge is 0.406 e. The molecule has 1 N–H and O–H groups in total. The van der Waals surface area contributed by atoms with Crippen LogP contribution in [0.2, 0.25) is 0 Å². The van der Waals surface area contributed by atoms with Gasteiger partial charge in [-0.2, -0.15) is 0 Å². The van der Waals surface area contributed by atoms with E-state index in [4.69, 9.17) is 4.42 Å². The molecule has 1 aliphatic rings. The van der Waals surface area contributed by atoms with Gasteiger partial charge in [0.25, 0.3) is 0 Å². The molecule has 19 heavy (non-hydrogen) atoms. The Labute approximate surface area is 115 Å². The second kappa shape index (κ2) is 6.89. The first-order chi connectivity index (χ1) is 9.24. The van der Waals surface area contributed by atoms with Crippen molar-refractivity contribution in [3.63, 3.8) is 0 Å². The van der Waals surface area contributed by atoms with Gasteiger partial charge in [0.2, 0.25) is 5.89 Å².